The molecular formula is C7H8BN3O2. The van der Waals surface area contributed by atoms with E-state index in [1.165, 1.54) is 6.07 Å². The summed E-state index contributed by atoms with van der Waals surface area (Å²) in [4.78, 5) is 2.60. The molecule has 1 rings (SSSR count). The van der Waals surface area contributed by atoms with Crippen molar-refractivity contribution >= 4 is 18.3 Å². The minimum absolute atomic E-state index is 0.352. The lowest BCUT2D eigenvalue weighted by atomic mass is 9.77. The highest BCUT2D eigenvalue weighted by Crippen LogP contribution is 2.11. The Labute approximate surface area is 75.4 Å². The Morgan fingerprint density at radius 2 is 2.15 bits per heavy atom. The van der Waals surface area contributed by atoms with Crippen LogP contribution in [0.4, 0.5) is 5.69 Å². The van der Waals surface area contributed by atoms with Gasteiger partial charge in [0.15, 0.2) is 0 Å². The molecule has 0 spiro atoms. The van der Waals surface area contributed by atoms with Crippen LogP contribution in [0.2, 0.25) is 0 Å². The number of rotatable bonds is 2. The molecule has 1 aromatic rings. The van der Waals surface area contributed by atoms with E-state index in [-0.39, 0.29) is 0 Å². The Kier molecular flexibility index (Phi) is 2.92. The van der Waals surface area contributed by atoms with E-state index in [1.54, 1.807) is 19.1 Å². The van der Waals surface area contributed by atoms with E-state index in [1.807, 2.05) is 0 Å². The minimum Gasteiger partial charge on any atom is -0.423 e. The predicted molar refractivity (Wildman–Crippen MR) is 49.8 cm³/mol. The first-order valence-corrected chi connectivity index (χ1v) is 3.67. The van der Waals surface area contributed by atoms with Crippen LogP contribution in [0.3, 0.4) is 0 Å². The number of benzene rings is 1. The third-order valence-electron chi connectivity index (χ3n) is 1.70. The highest BCUT2D eigenvalue weighted by molar-refractivity contribution is 6.59. The lowest BCUT2D eigenvalue weighted by Gasteiger charge is -2.04. The number of aryl methyl sites for hydroxylation is 1. The smallest absolute Gasteiger partial charge is 0.423 e. The molecule has 0 radical (unpaired) electrons. The van der Waals surface area contributed by atoms with Crippen molar-refractivity contribution in [1.29, 1.82) is 0 Å². The van der Waals surface area contributed by atoms with Gasteiger partial charge in [0.2, 0.25) is 0 Å². The standard InChI is InChI=1S/C7H8BN3O2/c1-5-2-3-6(10-11-9)4-7(5)8(12)13/h2-4,12-13H,1H3. The summed E-state index contributed by atoms with van der Waals surface area (Å²) in [5.41, 5.74) is 9.62. The zero-order chi connectivity index (χ0) is 9.84. The van der Waals surface area contributed by atoms with E-state index >= 15 is 0 Å². The van der Waals surface area contributed by atoms with Gasteiger partial charge in [-0.1, -0.05) is 28.9 Å². The summed E-state index contributed by atoms with van der Waals surface area (Å²) in [5, 5.41) is 21.2. The summed E-state index contributed by atoms with van der Waals surface area (Å²) in [6.45, 7) is 1.74. The summed E-state index contributed by atoms with van der Waals surface area (Å²) in [6, 6.07) is 4.72. The molecule has 2 N–H and O–H groups in total. The van der Waals surface area contributed by atoms with Crippen molar-refractivity contribution < 1.29 is 10.0 Å². The highest BCUT2D eigenvalue weighted by Gasteiger charge is 2.13. The second-order valence-electron chi connectivity index (χ2n) is 2.60. The molecule has 13 heavy (non-hydrogen) atoms. The molecule has 5 nitrogen and oxygen atoms in total. The third kappa shape index (κ3) is 2.22. The van der Waals surface area contributed by atoms with Gasteiger partial charge in [0.1, 0.15) is 0 Å². The maximum atomic E-state index is 8.92. The van der Waals surface area contributed by atoms with Gasteiger partial charge in [-0.05, 0) is 17.9 Å². The average Bonchev–Trinajstić information content (AvgIpc) is 2.08. The predicted octanol–water partition coefficient (Wildman–Crippen LogP) is 0.617. The molecule has 0 bridgehead atoms. The van der Waals surface area contributed by atoms with E-state index in [4.69, 9.17) is 15.6 Å². The van der Waals surface area contributed by atoms with Gasteiger partial charge in [-0.2, -0.15) is 0 Å². The van der Waals surface area contributed by atoms with Crippen molar-refractivity contribution in [2.45, 2.75) is 6.92 Å². The number of hydrogen-bond donors (Lipinski definition) is 2. The van der Waals surface area contributed by atoms with Gasteiger partial charge in [-0.3, -0.25) is 0 Å². The Bertz CT molecular complexity index is 361. The fraction of sp³-hybridized carbons (Fsp3) is 0.143. The number of nitrogens with zero attached hydrogens (tertiary/aromatic N) is 3. The maximum Gasteiger partial charge on any atom is 0.488 e. The summed E-state index contributed by atoms with van der Waals surface area (Å²) in [7, 11) is -1.53. The normalized spacial score (nSPS) is 9.15. The Balaban J connectivity index is 3.18. The molecule has 0 unspecified atom stereocenters. The SMILES string of the molecule is Cc1ccc(N=[N+]=[N-])cc1B(O)O. The van der Waals surface area contributed by atoms with Crippen molar-refractivity contribution in [2.24, 2.45) is 5.11 Å². The summed E-state index contributed by atoms with van der Waals surface area (Å²) < 4.78 is 0. The van der Waals surface area contributed by atoms with Gasteiger partial charge >= 0.3 is 7.12 Å². The summed E-state index contributed by atoms with van der Waals surface area (Å²) in [5.74, 6) is 0. The molecule has 0 saturated heterocycles. The zero-order valence-corrected chi connectivity index (χ0v) is 7.05. The van der Waals surface area contributed by atoms with Crippen molar-refractivity contribution in [3.8, 4) is 0 Å². The van der Waals surface area contributed by atoms with Crippen molar-refractivity contribution in [2.75, 3.05) is 0 Å². The molecular weight excluding hydrogens is 169 g/mol. The average molecular weight is 177 g/mol. The Hall–Kier alpha value is -1.49. The molecule has 0 aromatic heterocycles. The van der Waals surface area contributed by atoms with Crippen molar-refractivity contribution in [1.82, 2.24) is 0 Å². The Morgan fingerprint density at radius 1 is 1.46 bits per heavy atom. The third-order valence-corrected chi connectivity index (χ3v) is 1.70. The first-order valence-electron chi connectivity index (χ1n) is 3.67. The van der Waals surface area contributed by atoms with Crippen LogP contribution in [-0.2, 0) is 0 Å². The molecule has 1 aromatic carbocycles. The first kappa shape index (κ1) is 9.60. The Morgan fingerprint density at radius 3 is 2.69 bits per heavy atom. The van der Waals surface area contributed by atoms with Crippen LogP contribution in [-0.4, -0.2) is 17.2 Å². The topological polar surface area (TPSA) is 89.2 Å². The molecule has 0 aliphatic heterocycles. The molecule has 0 heterocycles. The minimum atomic E-state index is -1.53. The van der Waals surface area contributed by atoms with Gasteiger partial charge in [0.25, 0.3) is 0 Å². The molecule has 0 atom stereocenters. The van der Waals surface area contributed by atoms with Crippen LogP contribution in [0.5, 0.6) is 0 Å². The molecule has 0 saturated carbocycles. The summed E-state index contributed by atoms with van der Waals surface area (Å²) >= 11 is 0. The van der Waals surface area contributed by atoms with Crippen LogP contribution in [0.1, 0.15) is 5.56 Å². The van der Waals surface area contributed by atoms with Gasteiger partial charge in [0, 0.05) is 10.6 Å². The first-order chi connectivity index (χ1) is 6.15. The largest absolute Gasteiger partial charge is 0.488 e. The van der Waals surface area contributed by atoms with Crippen LogP contribution < -0.4 is 5.46 Å². The quantitative estimate of drug-likeness (QED) is 0.300. The monoisotopic (exact) mass is 177 g/mol. The molecule has 0 amide bonds. The van der Waals surface area contributed by atoms with E-state index in [9.17, 15) is 0 Å². The van der Waals surface area contributed by atoms with Crippen molar-refractivity contribution in [3.05, 3.63) is 34.2 Å². The molecule has 6 heteroatoms. The van der Waals surface area contributed by atoms with Gasteiger partial charge < -0.3 is 10.0 Å². The second kappa shape index (κ2) is 3.95. The van der Waals surface area contributed by atoms with Crippen LogP contribution in [0.15, 0.2) is 23.3 Å². The summed E-state index contributed by atoms with van der Waals surface area (Å²) in [6.07, 6.45) is 0. The fourth-order valence-corrected chi connectivity index (χ4v) is 1.02. The second-order valence-corrected chi connectivity index (χ2v) is 2.60. The van der Waals surface area contributed by atoms with Gasteiger partial charge in [-0.25, -0.2) is 0 Å². The van der Waals surface area contributed by atoms with Gasteiger partial charge in [-0.15, -0.1) is 0 Å². The zero-order valence-electron chi connectivity index (χ0n) is 7.05. The van der Waals surface area contributed by atoms with Crippen LogP contribution in [0, 0.1) is 6.92 Å². The van der Waals surface area contributed by atoms with Gasteiger partial charge in [0.05, 0.1) is 0 Å². The van der Waals surface area contributed by atoms with E-state index in [0.29, 0.717) is 11.2 Å². The van der Waals surface area contributed by atoms with Crippen LogP contribution >= 0.6 is 0 Å². The molecule has 0 aliphatic carbocycles. The lowest BCUT2D eigenvalue weighted by molar-refractivity contribution is 0.425. The lowest BCUT2D eigenvalue weighted by Crippen LogP contribution is -2.31. The van der Waals surface area contributed by atoms with E-state index < -0.39 is 7.12 Å². The maximum absolute atomic E-state index is 8.92. The molecule has 0 aliphatic rings. The van der Waals surface area contributed by atoms with E-state index in [0.717, 1.165) is 5.56 Å². The van der Waals surface area contributed by atoms with E-state index in [2.05, 4.69) is 10.0 Å². The number of azide groups is 1. The molecule has 66 valence electrons. The highest BCUT2D eigenvalue weighted by atomic mass is 16.4. The molecule has 0 fully saturated rings. The van der Waals surface area contributed by atoms with Crippen molar-refractivity contribution in [3.63, 3.8) is 0 Å². The number of hydrogen-bond acceptors (Lipinski definition) is 3. The fourth-order valence-electron chi connectivity index (χ4n) is 1.02. The van der Waals surface area contributed by atoms with Crippen LogP contribution in [0.25, 0.3) is 10.4 Å².